The molecule has 184 valence electrons. The largest absolute Gasteiger partial charge is 0.433 e. The van der Waals surface area contributed by atoms with Crippen molar-refractivity contribution in [3.63, 3.8) is 0 Å². The van der Waals surface area contributed by atoms with E-state index < -0.39 is 23.2 Å². The van der Waals surface area contributed by atoms with Gasteiger partial charge >= 0.3 is 11.8 Å². The molecule has 0 bridgehead atoms. The lowest BCUT2D eigenvalue weighted by atomic mass is 10.2. The summed E-state index contributed by atoms with van der Waals surface area (Å²) in [5.74, 6) is -0.297. The van der Waals surface area contributed by atoms with Gasteiger partial charge in [0.25, 0.3) is 5.56 Å². The average molecular weight is 488 g/mol. The van der Waals surface area contributed by atoms with Gasteiger partial charge in [0.1, 0.15) is 17.4 Å². The molecular formula is C24H23F3N4O4. The smallest absolute Gasteiger partial charge is 0.394 e. The Labute approximate surface area is 197 Å². The standard InChI is InChI=1S/C24H23F3N4O4/c1-24(26,27)35-18-6-3-5-16(13-18)20-28-21-19(31(20)14-15-7-9-17(25)10-8-15)22(33)30(11-4-12-32)23(34)29(21)2/h3,5-10,13,32H,4,11-12,14H2,1-2H3. The van der Waals surface area contributed by atoms with E-state index in [2.05, 4.69) is 9.72 Å². The Bertz CT molecular complexity index is 1480. The topological polar surface area (TPSA) is 91.3 Å². The zero-order chi connectivity index (χ0) is 25.3. The van der Waals surface area contributed by atoms with E-state index in [0.29, 0.717) is 18.1 Å². The van der Waals surface area contributed by atoms with E-state index in [1.807, 2.05) is 0 Å². The highest BCUT2D eigenvalue weighted by Gasteiger charge is 2.25. The van der Waals surface area contributed by atoms with Gasteiger partial charge in [-0.1, -0.05) is 24.3 Å². The first-order chi connectivity index (χ1) is 16.6. The van der Waals surface area contributed by atoms with Gasteiger partial charge in [0.05, 0.1) is 0 Å². The fraction of sp³-hybridized carbons (Fsp3) is 0.292. The molecular weight excluding hydrogens is 465 g/mol. The van der Waals surface area contributed by atoms with Crippen LogP contribution in [0.4, 0.5) is 13.2 Å². The maximum absolute atomic E-state index is 13.5. The normalized spacial score (nSPS) is 11.8. The molecule has 8 nitrogen and oxygen atoms in total. The summed E-state index contributed by atoms with van der Waals surface area (Å²) in [6.45, 7) is 0.509. The summed E-state index contributed by atoms with van der Waals surface area (Å²) in [7, 11) is 1.47. The van der Waals surface area contributed by atoms with Gasteiger partial charge in [-0.3, -0.25) is 13.9 Å². The number of aliphatic hydroxyl groups excluding tert-OH is 1. The van der Waals surface area contributed by atoms with E-state index in [1.165, 1.54) is 41.9 Å². The summed E-state index contributed by atoms with van der Waals surface area (Å²) in [6, 6.07) is 11.5. The molecule has 0 saturated heterocycles. The Kier molecular flexibility index (Phi) is 6.53. The highest BCUT2D eigenvalue weighted by Crippen LogP contribution is 2.29. The van der Waals surface area contributed by atoms with Crippen LogP contribution in [0.1, 0.15) is 18.9 Å². The van der Waals surface area contributed by atoms with Crippen molar-refractivity contribution in [2.45, 2.75) is 32.5 Å². The molecule has 2 aromatic carbocycles. The molecule has 2 aromatic heterocycles. The van der Waals surface area contributed by atoms with Crippen molar-refractivity contribution in [2.24, 2.45) is 7.05 Å². The molecule has 11 heteroatoms. The number of alkyl halides is 2. The quantitative estimate of drug-likeness (QED) is 0.412. The molecule has 4 aromatic rings. The molecule has 0 aliphatic carbocycles. The number of aryl methyl sites for hydroxylation is 1. The summed E-state index contributed by atoms with van der Waals surface area (Å²) in [6.07, 6.45) is -3.21. The molecule has 35 heavy (non-hydrogen) atoms. The number of hydrogen-bond donors (Lipinski definition) is 1. The third-order valence-corrected chi connectivity index (χ3v) is 5.42. The van der Waals surface area contributed by atoms with Gasteiger partial charge in [-0.05, 0) is 36.2 Å². The molecule has 0 radical (unpaired) electrons. The minimum atomic E-state index is -3.41. The van der Waals surface area contributed by atoms with Crippen LogP contribution < -0.4 is 16.0 Å². The number of halogens is 3. The molecule has 4 rings (SSSR count). The Morgan fingerprint density at radius 2 is 1.80 bits per heavy atom. The van der Waals surface area contributed by atoms with Crippen molar-refractivity contribution < 1.29 is 23.0 Å². The third-order valence-electron chi connectivity index (χ3n) is 5.42. The predicted molar refractivity (Wildman–Crippen MR) is 123 cm³/mol. The van der Waals surface area contributed by atoms with Crippen molar-refractivity contribution in [3.8, 4) is 17.1 Å². The lowest BCUT2D eigenvalue weighted by Gasteiger charge is -2.14. The van der Waals surface area contributed by atoms with Crippen molar-refractivity contribution in [1.82, 2.24) is 18.7 Å². The highest BCUT2D eigenvalue weighted by atomic mass is 19.3. The number of aliphatic hydroxyl groups is 1. The molecule has 0 spiro atoms. The summed E-state index contributed by atoms with van der Waals surface area (Å²) in [5.41, 5.74) is 0.0241. The van der Waals surface area contributed by atoms with Crippen LogP contribution in [0.25, 0.3) is 22.6 Å². The summed E-state index contributed by atoms with van der Waals surface area (Å²) in [4.78, 5) is 30.7. The Hall–Kier alpha value is -3.86. The highest BCUT2D eigenvalue weighted by molar-refractivity contribution is 5.77. The van der Waals surface area contributed by atoms with Crippen LogP contribution in [0.5, 0.6) is 5.75 Å². The minimum absolute atomic E-state index is 0.00388. The van der Waals surface area contributed by atoms with Gasteiger partial charge in [-0.25, -0.2) is 14.2 Å². The fourth-order valence-electron chi connectivity index (χ4n) is 3.85. The van der Waals surface area contributed by atoms with Gasteiger partial charge < -0.3 is 14.4 Å². The minimum Gasteiger partial charge on any atom is -0.433 e. The Morgan fingerprint density at radius 1 is 1.09 bits per heavy atom. The van der Waals surface area contributed by atoms with Crippen LogP contribution in [-0.4, -0.2) is 36.5 Å². The van der Waals surface area contributed by atoms with E-state index in [-0.39, 0.29) is 48.9 Å². The van der Waals surface area contributed by atoms with E-state index in [9.17, 15) is 27.9 Å². The first-order valence-electron chi connectivity index (χ1n) is 10.8. The van der Waals surface area contributed by atoms with Crippen molar-refractivity contribution in [1.29, 1.82) is 0 Å². The number of aromatic nitrogens is 4. The van der Waals surface area contributed by atoms with E-state index in [0.717, 1.165) is 4.57 Å². The van der Waals surface area contributed by atoms with Crippen LogP contribution in [0, 0.1) is 5.82 Å². The first-order valence-corrected chi connectivity index (χ1v) is 10.8. The molecule has 0 aliphatic heterocycles. The van der Waals surface area contributed by atoms with Gasteiger partial charge in [-0.2, -0.15) is 8.78 Å². The number of fused-ring (bicyclic) bond motifs is 1. The Morgan fingerprint density at radius 3 is 2.46 bits per heavy atom. The van der Waals surface area contributed by atoms with Crippen LogP contribution in [-0.2, 0) is 20.1 Å². The van der Waals surface area contributed by atoms with Crippen LogP contribution in [0.3, 0.4) is 0 Å². The number of rotatable bonds is 8. The lowest BCUT2D eigenvalue weighted by molar-refractivity contribution is -0.158. The number of nitrogens with zero attached hydrogens (tertiary/aromatic N) is 4. The van der Waals surface area contributed by atoms with Gasteiger partial charge in [0.2, 0.25) is 0 Å². The summed E-state index contributed by atoms with van der Waals surface area (Å²) >= 11 is 0. The number of imidazole rings is 1. The van der Waals surface area contributed by atoms with Crippen LogP contribution in [0.2, 0.25) is 0 Å². The number of ether oxygens (including phenoxy) is 1. The fourth-order valence-corrected chi connectivity index (χ4v) is 3.85. The summed E-state index contributed by atoms with van der Waals surface area (Å²) < 4.78 is 48.8. The van der Waals surface area contributed by atoms with E-state index in [1.54, 1.807) is 22.8 Å². The molecule has 0 fully saturated rings. The molecule has 0 saturated carbocycles. The second-order valence-corrected chi connectivity index (χ2v) is 8.13. The number of benzene rings is 2. The van der Waals surface area contributed by atoms with Crippen LogP contribution in [0.15, 0.2) is 58.1 Å². The number of hydrogen-bond acceptors (Lipinski definition) is 5. The lowest BCUT2D eigenvalue weighted by Crippen LogP contribution is -2.39. The van der Waals surface area contributed by atoms with Crippen LogP contribution >= 0.6 is 0 Å². The van der Waals surface area contributed by atoms with Gasteiger partial charge in [-0.15, -0.1) is 0 Å². The molecule has 0 atom stereocenters. The van der Waals surface area contributed by atoms with E-state index in [4.69, 9.17) is 0 Å². The zero-order valence-corrected chi connectivity index (χ0v) is 19.0. The molecule has 2 heterocycles. The maximum Gasteiger partial charge on any atom is 0.394 e. The zero-order valence-electron chi connectivity index (χ0n) is 19.0. The monoisotopic (exact) mass is 488 g/mol. The van der Waals surface area contributed by atoms with Crippen molar-refractivity contribution >= 4 is 11.2 Å². The Balaban J connectivity index is 1.98. The predicted octanol–water partition coefficient (Wildman–Crippen LogP) is 3.13. The van der Waals surface area contributed by atoms with Crippen molar-refractivity contribution in [3.05, 3.63) is 80.7 Å². The third kappa shape index (κ3) is 4.99. The van der Waals surface area contributed by atoms with Gasteiger partial charge in [0, 0.05) is 39.2 Å². The van der Waals surface area contributed by atoms with Crippen molar-refractivity contribution in [2.75, 3.05) is 6.61 Å². The van der Waals surface area contributed by atoms with E-state index >= 15 is 0 Å². The average Bonchev–Trinajstić information content (AvgIpc) is 3.18. The maximum atomic E-state index is 13.5. The second kappa shape index (κ2) is 9.41. The second-order valence-electron chi connectivity index (χ2n) is 8.13. The molecule has 0 unspecified atom stereocenters. The first kappa shape index (κ1) is 24.3. The van der Waals surface area contributed by atoms with Gasteiger partial charge in [0.15, 0.2) is 11.2 Å². The summed E-state index contributed by atoms with van der Waals surface area (Å²) in [5, 5.41) is 9.19. The molecule has 1 N–H and O–H groups in total. The molecule has 0 aliphatic rings. The molecule has 0 amide bonds. The SMILES string of the molecule is Cn1c(=O)n(CCCO)c(=O)c2c1nc(-c1cccc(OC(C)(F)F)c1)n2Cc1ccc(F)cc1.